The number of aliphatic hydroxyl groups is 1. The lowest BCUT2D eigenvalue weighted by Gasteiger charge is -2.46. The van der Waals surface area contributed by atoms with Gasteiger partial charge in [-0.05, 0) is 42.9 Å². The van der Waals surface area contributed by atoms with Crippen molar-refractivity contribution in [2.24, 2.45) is 5.92 Å². The van der Waals surface area contributed by atoms with E-state index in [9.17, 15) is 14.3 Å². The third kappa shape index (κ3) is 3.47. The number of piperidine rings is 1. The Balaban J connectivity index is 1.52. The van der Waals surface area contributed by atoms with Crippen LogP contribution in [0.3, 0.4) is 0 Å². The van der Waals surface area contributed by atoms with Crippen LogP contribution in [0.5, 0.6) is 0 Å². The number of fused-ring (bicyclic) bond motifs is 2. The Morgan fingerprint density at radius 3 is 2.96 bits per heavy atom. The van der Waals surface area contributed by atoms with E-state index in [0.717, 1.165) is 42.1 Å². The number of amides is 1. The van der Waals surface area contributed by atoms with Gasteiger partial charge in [0.05, 0.1) is 11.1 Å². The number of nitrogens with one attached hydrogen (secondary N) is 1. The molecular formula is C21H26ClFN2O2. The van der Waals surface area contributed by atoms with E-state index < -0.39 is 5.82 Å². The first-order valence-electron chi connectivity index (χ1n) is 9.89. The average molecular weight is 393 g/mol. The number of halogens is 2. The fourth-order valence-electron chi connectivity index (χ4n) is 4.97. The number of aromatic nitrogens is 1. The smallest absolute Gasteiger partial charge is 0.223 e. The summed E-state index contributed by atoms with van der Waals surface area (Å²) in [4.78, 5) is 18.2. The van der Waals surface area contributed by atoms with Crippen LogP contribution in [0.2, 0.25) is 5.02 Å². The monoisotopic (exact) mass is 392 g/mol. The van der Waals surface area contributed by atoms with Gasteiger partial charge in [0.25, 0.3) is 0 Å². The minimum atomic E-state index is -0.446. The molecule has 1 aliphatic heterocycles. The predicted octanol–water partition coefficient (Wildman–Crippen LogP) is 4.61. The summed E-state index contributed by atoms with van der Waals surface area (Å²) in [6, 6.07) is 3.20. The van der Waals surface area contributed by atoms with Crippen molar-refractivity contribution < 1.29 is 14.3 Å². The van der Waals surface area contributed by atoms with Gasteiger partial charge in [0, 0.05) is 42.0 Å². The Morgan fingerprint density at radius 1 is 1.37 bits per heavy atom. The second-order valence-electron chi connectivity index (χ2n) is 8.12. The predicted molar refractivity (Wildman–Crippen MR) is 104 cm³/mol. The molecule has 2 aromatic rings. The summed E-state index contributed by atoms with van der Waals surface area (Å²) < 4.78 is 13.9. The van der Waals surface area contributed by atoms with Gasteiger partial charge in [0.15, 0.2) is 0 Å². The van der Waals surface area contributed by atoms with Crippen molar-refractivity contribution in [2.75, 3.05) is 6.54 Å². The van der Waals surface area contributed by atoms with Gasteiger partial charge in [0.2, 0.25) is 5.91 Å². The molecule has 4 rings (SSSR count). The molecule has 4 atom stereocenters. The number of likely N-dealkylation sites (tertiary alicyclic amines) is 1. The van der Waals surface area contributed by atoms with Crippen LogP contribution in [0.4, 0.5) is 4.39 Å². The van der Waals surface area contributed by atoms with Crippen LogP contribution in [-0.2, 0) is 4.79 Å². The average Bonchev–Trinajstić information content (AvgIpc) is 3.05. The molecule has 146 valence electrons. The van der Waals surface area contributed by atoms with E-state index in [1.165, 1.54) is 6.07 Å². The van der Waals surface area contributed by atoms with Crippen LogP contribution >= 0.6 is 11.6 Å². The molecule has 2 fully saturated rings. The lowest BCUT2D eigenvalue weighted by atomic mass is 9.76. The van der Waals surface area contributed by atoms with Gasteiger partial charge in [-0.1, -0.05) is 31.4 Å². The van der Waals surface area contributed by atoms with E-state index in [-0.39, 0.29) is 34.9 Å². The van der Waals surface area contributed by atoms with E-state index in [1.54, 1.807) is 6.07 Å². The third-order valence-corrected chi connectivity index (χ3v) is 6.72. The molecule has 1 aromatic carbocycles. The van der Waals surface area contributed by atoms with Crippen molar-refractivity contribution in [1.29, 1.82) is 0 Å². The van der Waals surface area contributed by atoms with E-state index in [4.69, 9.17) is 11.6 Å². The van der Waals surface area contributed by atoms with Crippen LogP contribution in [0.25, 0.3) is 10.9 Å². The van der Waals surface area contributed by atoms with Crippen LogP contribution in [0.15, 0.2) is 18.3 Å². The zero-order valence-electron chi connectivity index (χ0n) is 15.5. The van der Waals surface area contributed by atoms with Gasteiger partial charge in [-0.3, -0.25) is 4.79 Å². The van der Waals surface area contributed by atoms with Crippen LogP contribution < -0.4 is 0 Å². The maximum absolute atomic E-state index is 13.9. The number of carbonyl (C=O) groups excluding carboxylic acids is 1. The van der Waals surface area contributed by atoms with Crippen molar-refractivity contribution >= 4 is 28.4 Å². The van der Waals surface area contributed by atoms with Gasteiger partial charge in [0.1, 0.15) is 5.82 Å². The highest BCUT2D eigenvalue weighted by atomic mass is 35.5. The summed E-state index contributed by atoms with van der Waals surface area (Å²) in [5.41, 5.74) is 1.72. The molecule has 1 amide bonds. The Labute approximate surface area is 163 Å². The van der Waals surface area contributed by atoms with Crippen molar-refractivity contribution in [1.82, 2.24) is 9.88 Å². The number of hydrogen-bond acceptors (Lipinski definition) is 2. The van der Waals surface area contributed by atoms with Crippen LogP contribution in [0.1, 0.15) is 56.9 Å². The van der Waals surface area contributed by atoms with Crippen molar-refractivity contribution in [2.45, 2.75) is 63.5 Å². The highest BCUT2D eigenvalue weighted by Gasteiger charge is 2.40. The molecule has 2 N–H and O–H groups in total. The van der Waals surface area contributed by atoms with E-state index in [0.29, 0.717) is 19.4 Å². The summed E-state index contributed by atoms with van der Waals surface area (Å²) in [5.74, 6) is -0.120. The molecule has 1 saturated heterocycles. The summed E-state index contributed by atoms with van der Waals surface area (Å²) in [5, 5.41) is 11.2. The number of H-pyrrole nitrogens is 1. The zero-order valence-corrected chi connectivity index (χ0v) is 16.3. The molecule has 1 aromatic heterocycles. The highest BCUT2D eigenvalue weighted by molar-refractivity contribution is 6.31. The zero-order chi connectivity index (χ0) is 19.1. The van der Waals surface area contributed by atoms with E-state index in [2.05, 4.69) is 4.98 Å². The third-order valence-electron chi connectivity index (χ3n) is 6.43. The number of aliphatic hydroxyl groups excluding tert-OH is 1. The molecule has 1 saturated carbocycles. The first-order valence-corrected chi connectivity index (χ1v) is 10.3. The minimum absolute atomic E-state index is 0.0271. The second kappa shape index (κ2) is 7.44. The number of carbonyl (C=O) groups is 1. The van der Waals surface area contributed by atoms with Gasteiger partial charge < -0.3 is 15.0 Å². The Morgan fingerprint density at radius 2 is 2.15 bits per heavy atom. The molecule has 1 aliphatic carbocycles. The second-order valence-corrected chi connectivity index (χ2v) is 8.53. The fourth-order valence-corrected chi connectivity index (χ4v) is 5.14. The minimum Gasteiger partial charge on any atom is -0.393 e. The number of aromatic amines is 1. The number of rotatable bonds is 3. The number of hydrogen-bond donors (Lipinski definition) is 2. The molecule has 4 unspecified atom stereocenters. The molecular weight excluding hydrogens is 367 g/mol. The normalized spacial score (nSPS) is 26.8. The first kappa shape index (κ1) is 18.8. The van der Waals surface area contributed by atoms with Gasteiger partial charge >= 0.3 is 0 Å². The summed E-state index contributed by atoms with van der Waals surface area (Å²) in [7, 11) is 0. The molecule has 2 heterocycles. The van der Waals surface area contributed by atoms with Gasteiger partial charge in [-0.15, -0.1) is 0 Å². The first-order chi connectivity index (χ1) is 13.0. The Bertz CT molecular complexity index is 852. The van der Waals surface area contributed by atoms with Crippen LogP contribution in [0, 0.1) is 11.7 Å². The molecule has 4 nitrogen and oxygen atoms in total. The molecule has 27 heavy (non-hydrogen) atoms. The molecule has 2 aliphatic rings. The molecule has 0 radical (unpaired) electrons. The highest BCUT2D eigenvalue weighted by Crippen LogP contribution is 2.37. The van der Waals surface area contributed by atoms with E-state index in [1.807, 2.05) is 18.0 Å². The maximum atomic E-state index is 13.9. The Hall–Kier alpha value is -1.59. The van der Waals surface area contributed by atoms with Crippen LogP contribution in [-0.4, -0.2) is 39.6 Å². The van der Waals surface area contributed by atoms with Crippen molar-refractivity contribution in [3.05, 3.63) is 34.7 Å². The summed E-state index contributed by atoms with van der Waals surface area (Å²) in [6.45, 7) is 2.64. The lowest BCUT2D eigenvalue weighted by Crippen LogP contribution is -2.54. The largest absolute Gasteiger partial charge is 0.393 e. The summed E-state index contributed by atoms with van der Waals surface area (Å²) >= 11 is 5.86. The standard InChI is InChI=1S/C21H26ClFN2O2/c1-12(15-11-24-18-10-16(22)17(23)9-14(15)18)8-21(27)25-7-6-20(26)13-4-2-3-5-19(13)25/h9-13,19-20,24,26H,2-8H2,1H3. The van der Waals surface area contributed by atoms with Gasteiger partial charge in [-0.25, -0.2) is 4.39 Å². The Kier molecular flexibility index (Phi) is 5.17. The SMILES string of the molecule is CC(CC(=O)N1CCC(O)C2CCCCC21)c1c[nH]c2cc(Cl)c(F)cc12. The summed E-state index contributed by atoms with van der Waals surface area (Å²) in [6.07, 6.45) is 6.87. The molecule has 0 bridgehead atoms. The molecule has 6 heteroatoms. The van der Waals surface area contributed by atoms with Crippen molar-refractivity contribution in [3.63, 3.8) is 0 Å². The number of benzene rings is 1. The quantitative estimate of drug-likeness (QED) is 0.801. The topological polar surface area (TPSA) is 56.3 Å². The van der Waals surface area contributed by atoms with E-state index >= 15 is 0 Å². The number of nitrogens with zero attached hydrogens (tertiary/aromatic N) is 1. The maximum Gasteiger partial charge on any atom is 0.223 e. The van der Waals surface area contributed by atoms with Crippen molar-refractivity contribution in [3.8, 4) is 0 Å². The lowest BCUT2D eigenvalue weighted by molar-refractivity contribution is -0.141. The van der Waals surface area contributed by atoms with Gasteiger partial charge in [-0.2, -0.15) is 0 Å². The molecule has 0 spiro atoms. The fraction of sp³-hybridized carbons (Fsp3) is 0.571.